The molecule has 3 nitrogen and oxygen atoms in total. The van der Waals surface area contributed by atoms with Crippen LogP contribution < -0.4 is 10.1 Å². The van der Waals surface area contributed by atoms with Crippen LogP contribution in [-0.2, 0) is 0 Å². The topological polar surface area (TPSA) is 41.5 Å². The third kappa shape index (κ3) is 5.04. The Hall–Kier alpha value is -1.22. The molecule has 114 valence electrons. The molecule has 0 amide bonds. The highest BCUT2D eigenvalue weighted by atomic mass is 16.5. The van der Waals surface area contributed by atoms with Crippen molar-refractivity contribution < 1.29 is 9.84 Å². The third-order valence-corrected chi connectivity index (χ3v) is 3.96. The Morgan fingerprint density at radius 3 is 2.60 bits per heavy atom. The van der Waals surface area contributed by atoms with Gasteiger partial charge >= 0.3 is 0 Å². The summed E-state index contributed by atoms with van der Waals surface area (Å²) in [7, 11) is 1.61. The van der Waals surface area contributed by atoms with Gasteiger partial charge in [-0.1, -0.05) is 39.2 Å². The number of unbranched alkanes of at least 4 members (excludes halogenated alkanes) is 1. The van der Waals surface area contributed by atoms with Crippen molar-refractivity contribution in [1.29, 1.82) is 0 Å². The first kappa shape index (κ1) is 16.8. The van der Waals surface area contributed by atoms with Crippen LogP contribution in [0.5, 0.6) is 11.5 Å². The van der Waals surface area contributed by atoms with Gasteiger partial charge in [0, 0.05) is 17.7 Å². The molecule has 0 spiro atoms. The Morgan fingerprint density at radius 1 is 1.30 bits per heavy atom. The zero-order valence-electron chi connectivity index (χ0n) is 13.3. The zero-order valence-corrected chi connectivity index (χ0v) is 13.3. The van der Waals surface area contributed by atoms with E-state index >= 15 is 0 Å². The molecule has 0 radical (unpaired) electrons. The molecule has 0 aliphatic rings. The van der Waals surface area contributed by atoms with E-state index in [0.717, 1.165) is 18.0 Å². The van der Waals surface area contributed by atoms with Crippen LogP contribution in [-0.4, -0.2) is 18.8 Å². The molecular weight excluding hydrogens is 250 g/mol. The summed E-state index contributed by atoms with van der Waals surface area (Å²) in [4.78, 5) is 0. The largest absolute Gasteiger partial charge is 0.507 e. The fraction of sp³-hybridized carbons (Fsp3) is 0.647. The Kier molecular flexibility index (Phi) is 7.45. The van der Waals surface area contributed by atoms with Gasteiger partial charge in [-0.3, -0.25) is 0 Å². The number of nitrogens with one attached hydrogen (secondary N) is 1. The van der Waals surface area contributed by atoms with E-state index < -0.39 is 0 Å². The van der Waals surface area contributed by atoms with E-state index in [-0.39, 0.29) is 6.04 Å². The van der Waals surface area contributed by atoms with E-state index in [0.29, 0.717) is 11.5 Å². The molecule has 1 rings (SSSR count). The number of hydrogen-bond donors (Lipinski definition) is 2. The summed E-state index contributed by atoms with van der Waals surface area (Å²) in [6.45, 7) is 7.58. The van der Waals surface area contributed by atoms with Crippen molar-refractivity contribution in [2.24, 2.45) is 5.92 Å². The number of rotatable bonds is 9. The molecule has 0 aromatic heterocycles. The van der Waals surface area contributed by atoms with Crippen LogP contribution in [0.4, 0.5) is 0 Å². The molecule has 2 N–H and O–H groups in total. The molecule has 0 saturated carbocycles. The number of phenolic OH excluding ortho intramolecular Hbond substituents is 1. The summed E-state index contributed by atoms with van der Waals surface area (Å²) in [6, 6.07) is 5.64. The molecule has 0 fully saturated rings. The lowest BCUT2D eigenvalue weighted by Gasteiger charge is -2.20. The van der Waals surface area contributed by atoms with Crippen molar-refractivity contribution in [2.45, 2.75) is 52.5 Å². The smallest absolute Gasteiger partial charge is 0.124 e. The molecule has 0 aliphatic heterocycles. The lowest BCUT2D eigenvalue weighted by Crippen LogP contribution is -2.25. The van der Waals surface area contributed by atoms with Crippen molar-refractivity contribution >= 4 is 0 Å². The maximum absolute atomic E-state index is 10.0. The SMILES string of the molecule is CCCCC(CC)CNC(C)c1ccc(OC)cc1O. The normalized spacial score (nSPS) is 14.0. The minimum absolute atomic E-state index is 0.150. The van der Waals surface area contributed by atoms with Crippen LogP contribution in [0.2, 0.25) is 0 Å². The second-order valence-electron chi connectivity index (χ2n) is 5.47. The van der Waals surface area contributed by atoms with Crippen LogP contribution in [0.3, 0.4) is 0 Å². The maximum atomic E-state index is 10.0. The third-order valence-electron chi connectivity index (χ3n) is 3.96. The predicted molar refractivity (Wildman–Crippen MR) is 84.4 cm³/mol. The number of methoxy groups -OCH3 is 1. The molecule has 1 aromatic carbocycles. The van der Waals surface area contributed by atoms with Gasteiger partial charge in [0.15, 0.2) is 0 Å². The molecule has 3 heteroatoms. The first-order valence-corrected chi connectivity index (χ1v) is 7.72. The molecular formula is C17H29NO2. The summed E-state index contributed by atoms with van der Waals surface area (Å²) in [6.07, 6.45) is 5.03. The number of aromatic hydroxyl groups is 1. The first-order valence-electron chi connectivity index (χ1n) is 7.72. The summed E-state index contributed by atoms with van der Waals surface area (Å²) in [5.74, 6) is 1.71. The molecule has 2 unspecified atom stereocenters. The average Bonchev–Trinajstić information content (AvgIpc) is 2.47. The van der Waals surface area contributed by atoms with Crippen LogP contribution in [0.1, 0.15) is 58.1 Å². The fourth-order valence-corrected chi connectivity index (χ4v) is 2.41. The minimum atomic E-state index is 0.150. The second-order valence-corrected chi connectivity index (χ2v) is 5.47. The van der Waals surface area contributed by atoms with Gasteiger partial charge in [-0.15, -0.1) is 0 Å². The summed E-state index contributed by atoms with van der Waals surface area (Å²) >= 11 is 0. The van der Waals surface area contributed by atoms with Gasteiger partial charge in [0.2, 0.25) is 0 Å². The van der Waals surface area contributed by atoms with Crippen LogP contribution >= 0.6 is 0 Å². The van der Waals surface area contributed by atoms with E-state index in [1.165, 1.54) is 25.7 Å². The highest BCUT2D eigenvalue weighted by Gasteiger charge is 2.13. The van der Waals surface area contributed by atoms with Gasteiger partial charge < -0.3 is 15.2 Å². The van der Waals surface area contributed by atoms with Gasteiger partial charge in [0.05, 0.1) is 7.11 Å². The molecule has 0 heterocycles. The number of hydrogen-bond acceptors (Lipinski definition) is 3. The van der Waals surface area contributed by atoms with Crippen molar-refractivity contribution in [3.8, 4) is 11.5 Å². The molecule has 0 saturated heterocycles. The van der Waals surface area contributed by atoms with Crippen LogP contribution in [0, 0.1) is 5.92 Å². The lowest BCUT2D eigenvalue weighted by atomic mass is 9.98. The van der Waals surface area contributed by atoms with E-state index in [1.807, 2.05) is 12.1 Å². The van der Waals surface area contributed by atoms with Gasteiger partial charge in [-0.25, -0.2) is 0 Å². The fourth-order valence-electron chi connectivity index (χ4n) is 2.41. The Labute approximate surface area is 123 Å². The lowest BCUT2D eigenvalue weighted by molar-refractivity contribution is 0.386. The summed E-state index contributed by atoms with van der Waals surface area (Å²) < 4.78 is 5.11. The highest BCUT2D eigenvalue weighted by molar-refractivity contribution is 5.41. The van der Waals surface area contributed by atoms with E-state index in [9.17, 15) is 5.11 Å². The number of phenols is 1. The Balaban J connectivity index is 2.55. The predicted octanol–water partition coefficient (Wildman–Crippen LogP) is 4.27. The second kappa shape index (κ2) is 8.85. The summed E-state index contributed by atoms with van der Waals surface area (Å²) in [5.41, 5.74) is 0.927. The Morgan fingerprint density at radius 2 is 2.05 bits per heavy atom. The van der Waals surface area contributed by atoms with Crippen molar-refractivity contribution in [3.05, 3.63) is 23.8 Å². The number of benzene rings is 1. The van der Waals surface area contributed by atoms with E-state index in [2.05, 4.69) is 26.1 Å². The molecule has 20 heavy (non-hydrogen) atoms. The Bertz CT molecular complexity index is 393. The zero-order chi connectivity index (χ0) is 15.0. The standard InChI is InChI=1S/C17H29NO2/c1-5-7-8-14(6-2)12-18-13(3)16-10-9-15(20-4)11-17(16)19/h9-11,13-14,18-19H,5-8,12H2,1-4H3. The van der Waals surface area contributed by atoms with Crippen LogP contribution in [0.15, 0.2) is 18.2 Å². The maximum Gasteiger partial charge on any atom is 0.124 e. The molecule has 0 bridgehead atoms. The monoisotopic (exact) mass is 279 g/mol. The molecule has 1 aromatic rings. The van der Waals surface area contributed by atoms with E-state index in [1.54, 1.807) is 13.2 Å². The van der Waals surface area contributed by atoms with Crippen molar-refractivity contribution in [3.63, 3.8) is 0 Å². The van der Waals surface area contributed by atoms with Crippen LogP contribution in [0.25, 0.3) is 0 Å². The molecule has 0 aliphatic carbocycles. The van der Waals surface area contributed by atoms with Crippen molar-refractivity contribution in [2.75, 3.05) is 13.7 Å². The average molecular weight is 279 g/mol. The quantitative estimate of drug-likeness (QED) is 0.709. The van der Waals surface area contributed by atoms with Gasteiger partial charge in [0.25, 0.3) is 0 Å². The number of ether oxygens (including phenoxy) is 1. The van der Waals surface area contributed by atoms with Gasteiger partial charge in [-0.05, 0) is 31.9 Å². The molecule has 2 atom stereocenters. The minimum Gasteiger partial charge on any atom is -0.507 e. The van der Waals surface area contributed by atoms with Gasteiger partial charge in [-0.2, -0.15) is 0 Å². The van der Waals surface area contributed by atoms with Gasteiger partial charge in [0.1, 0.15) is 11.5 Å². The van der Waals surface area contributed by atoms with E-state index in [4.69, 9.17) is 4.74 Å². The highest BCUT2D eigenvalue weighted by Crippen LogP contribution is 2.28. The first-order chi connectivity index (χ1) is 9.62. The van der Waals surface area contributed by atoms with Crippen molar-refractivity contribution in [1.82, 2.24) is 5.32 Å². The summed E-state index contributed by atoms with van der Waals surface area (Å²) in [5, 5.41) is 13.6.